The molecular formula is C15H16BrClN2O. The van der Waals surface area contributed by atoms with Gasteiger partial charge < -0.3 is 9.88 Å². The lowest BCUT2D eigenvalue weighted by Gasteiger charge is -2.12. The molecule has 1 aromatic carbocycles. The molecule has 0 radical (unpaired) electrons. The Hall–Kier alpha value is -1.26. The van der Waals surface area contributed by atoms with Crippen molar-refractivity contribution in [1.82, 2.24) is 4.57 Å². The van der Waals surface area contributed by atoms with E-state index in [1.807, 2.05) is 35.9 Å². The fraction of sp³-hybridized carbons (Fsp3) is 0.267. The largest absolute Gasteiger partial charge is 0.342 e. The quantitative estimate of drug-likeness (QED) is 0.833. The highest BCUT2D eigenvalue weighted by Gasteiger charge is 2.15. The lowest BCUT2D eigenvalue weighted by Crippen LogP contribution is -2.17. The van der Waals surface area contributed by atoms with E-state index in [9.17, 15) is 4.79 Å². The number of para-hydroxylation sites is 1. The Morgan fingerprint density at radius 3 is 2.85 bits per heavy atom. The molecule has 106 valence electrons. The minimum absolute atomic E-state index is 0.152. The molecule has 5 heteroatoms. The van der Waals surface area contributed by atoms with E-state index >= 15 is 0 Å². The third kappa shape index (κ3) is 3.25. The van der Waals surface area contributed by atoms with Gasteiger partial charge in [-0.15, -0.1) is 0 Å². The predicted octanol–water partition coefficient (Wildman–Crippen LogP) is 4.87. The lowest BCUT2D eigenvalue weighted by molar-refractivity contribution is 0.101. The van der Waals surface area contributed by atoms with E-state index in [4.69, 9.17) is 11.6 Å². The van der Waals surface area contributed by atoms with Crippen LogP contribution < -0.4 is 5.32 Å². The van der Waals surface area contributed by atoms with Gasteiger partial charge in [-0.25, -0.2) is 0 Å². The first-order valence-electron chi connectivity index (χ1n) is 6.45. The molecule has 0 aliphatic heterocycles. The first kappa shape index (κ1) is 15.1. The van der Waals surface area contributed by atoms with Crippen LogP contribution in [0.3, 0.4) is 0 Å². The second-order valence-electron chi connectivity index (χ2n) is 4.62. The predicted molar refractivity (Wildman–Crippen MR) is 86.6 cm³/mol. The van der Waals surface area contributed by atoms with Gasteiger partial charge in [0.25, 0.3) is 5.91 Å². The van der Waals surface area contributed by atoms with Gasteiger partial charge in [-0.1, -0.05) is 30.7 Å². The molecule has 2 rings (SSSR count). The summed E-state index contributed by atoms with van der Waals surface area (Å²) in [5.74, 6) is -0.152. The molecule has 3 nitrogen and oxygen atoms in total. The molecule has 0 spiro atoms. The number of benzene rings is 1. The fourth-order valence-electron chi connectivity index (χ4n) is 2.06. The number of hydrogen-bond acceptors (Lipinski definition) is 1. The highest BCUT2D eigenvalue weighted by molar-refractivity contribution is 9.10. The van der Waals surface area contributed by atoms with Gasteiger partial charge in [-0.05, 0) is 47.0 Å². The van der Waals surface area contributed by atoms with Crippen LogP contribution in [0.2, 0.25) is 5.02 Å². The summed E-state index contributed by atoms with van der Waals surface area (Å²) in [6, 6.07) is 7.37. The first-order chi connectivity index (χ1) is 9.52. The second kappa shape index (κ2) is 6.46. The molecule has 20 heavy (non-hydrogen) atoms. The minimum Gasteiger partial charge on any atom is -0.342 e. The molecule has 1 amide bonds. The van der Waals surface area contributed by atoms with Crippen LogP contribution in [-0.4, -0.2) is 10.5 Å². The number of halogens is 2. The maximum Gasteiger partial charge on any atom is 0.272 e. The monoisotopic (exact) mass is 354 g/mol. The number of nitrogens with zero attached hydrogens (tertiary/aromatic N) is 1. The summed E-state index contributed by atoms with van der Waals surface area (Å²) in [4.78, 5) is 12.4. The number of amides is 1. The van der Waals surface area contributed by atoms with E-state index in [1.165, 1.54) is 0 Å². The van der Waals surface area contributed by atoms with Gasteiger partial charge in [0.2, 0.25) is 0 Å². The summed E-state index contributed by atoms with van der Waals surface area (Å²) >= 11 is 9.55. The summed E-state index contributed by atoms with van der Waals surface area (Å²) < 4.78 is 2.83. The lowest BCUT2D eigenvalue weighted by atomic mass is 10.2. The average Bonchev–Trinajstić information content (AvgIpc) is 2.75. The topological polar surface area (TPSA) is 34.0 Å². The summed E-state index contributed by atoms with van der Waals surface area (Å²) in [5, 5.41) is 3.44. The Bertz CT molecular complexity index is 617. The molecule has 0 unspecified atom stereocenters. The summed E-state index contributed by atoms with van der Waals surface area (Å²) in [6.07, 6.45) is 2.88. The number of carbonyl (C=O) groups is 1. The number of aromatic nitrogens is 1. The van der Waals surface area contributed by atoms with Gasteiger partial charge in [0.1, 0.15) is 5.69 Å². The Kier molecular flexibility index (Phi) is 4.89. The Morgan fingerprint density at radius 2 is 2.20 bits per heavy atom. The number of hydrogen-bond donors (Lipinski definition) is 1. The van der Waals surface area contributed by atoms with Crippen molar-refractivity contribution in [1.29, 1.82) is 0 Å². The Balaban J connectivity index is 2.28. The summed E-state index contributed by atoms with van der Waals surface area (Å²) in [6.45, 7) is 4.80. The third-order valence-electron chi connectivity index (χ3n) is 3.02. The Morgan fingerprint density at radius 1 is 1.45 bits per heavy atom. The maximum absolute atomic E-state index is 12.4. The molecule has 1 aromatic heterocycles. The molecule has 0 saturated carbocycles. The van der Waals surface area contributed by atoms with Crippen LogP contribution in [0.25, 0.3) is 0 Å². The molecule has 2 aromatic rings. The molecule has 0 atom stereocenters. The molecule has 0 saturated heterocycles. The van der Waals surface area contributed by atoms with Crippen molar-refractivity contribution in [3.63, 3.8) is 0 Å². The standard InChI is InChI=1S/C15H16BrClN2O/c1-3-7-19-9-11(16)8-13(19)15(20)18-14-10(2)5-4-6-12(14)17/h4-6,8-9H,3,7H2,1-2H3,(H,18,20). The first-order valence-corrected chi connectivity index (χ1v) is 7.62. The van der Waals surface area contributed by atoms with E-state index in [-0.39, 0.29) is 5.91 Å². The van der Waals surface area contributed by atoms with Gasteiger partial charge in [0.15, 0.2) is 0 Å². The molecule has 0 aliphatic carbocycles. The van der Waals surface area contributed by atoms with E-state index in [0.29, 0.717) is 16.4 Å². The number of anilines is 1. The third-order valence-corrected chi connectivity index (χ3v) is 3.77. The van der Waals surface area contributed by atoms with E-state index in [2.05, 4.69) is 28.2 Å². The van der Waals surface area contributed by atoms with Crippen molar-refractivity contribution >= 4 is 39.1 Å². The normalized spacial score (nSPS) is 10.6. The number of aryl methyl sites for hydroxylation is 2. The Labute approximate surface area is 132 Å². The van der Waals surface area contributed by atoms with Crippen molar-refractivity contribution in [3.8, 4) is 0 Å². The van der Waals surface area contributed by atoms with Crippen LogP contribution in [-0.2, 0) is 6.54 Å². The smallest absolute Gasteiger partial charge is 0.272 e. The van der Waals surface area contributed by atoms with Gasteiger partial charge in [-0.3, -0.25) is 4.79 Å². The van der Waals surface area contributed by atoms with Crippen LogP contribution in [0.15, 0.2) is 34.9 Å². The zero-order chi connectivity index (χ0) is 14.7. The molecule has 0 aliphatic rings. The van der Waals surface area contributed by atoms with E-state index in [1.54, 1.807) is 6.07 Å². The van der Waals surface area contributed by atoms with Crippen LogP contribution in [0.1, 0.15) is 29.4 Å². The van der Waals surface area contributed by atoms with Crippen LogP contribution in [0, 0.1) is 6.92 Å². The van der Waals surface area contributed by atoms with Gasteiger partial charge in [-0.2, -0.15) is 0 Å². The number of rotatable bonds is 4. The van der Waals surface area contributed by atoms with Crippen molar-refractivity contribution in [2.75, 3.05) is 5.32 Å². The fourth-order valence-corrected chi connectivity index (χ4v) is 2.79. The van der Waals surface area contributed by atoms with Gasteiger partial charge >= 0.3 is 0 Å². The molecule has 1 N–H and O–H groups in total. The van der Waals surface area contributed by atoms with Crippen LogP contribution in [0.4, 0.5) is 5.69 Å². The summed E-state index contributed by atoms with van der Waals surface area (Å²) in [7, 11) is 0. The maximum atomic E-state index is 12.4. The summed E-state index contributed by atoms with van der Waals surface area (Å²) in [5.41, 5.74) is 2.23. The van der Waals surface area contributed by atoms with Crippen molar-refractivity contribution in [3.05, 3.63) is 51.2 Å². The van der Waals surface area contributed by atoms with Crippen molar-refractivity contribution in [2.24, 2.45) is 0 Å². The van der Waals surface area contributed by atoms with Gasteiger partial charge in [0.05, 0.1) is 10.7 Å². The van der Waals surface area contributed by atoms with Gasteiger partial charge in [0, 0.05) is 17.2 Å². The van der Waals surface area contributed by atoms with Crippen molar-refractivity contribution in [2.45, 2.75) is 26.8 Å². The molecule has 0 fully saturated rings. The number of carbonyl (C=O) groups excluding carboxylic acids is 1. The molecule has 1 heterocycles. The van der Waals surface area contributed by atoms with Crippen LogP contribution >= 0.6 is 27.5 Å². The molecular weight excluding hydrogens is 340 g/mol. The average molecular weight is 356 g/mol. The minimum atomic E-state index is -0.152. The van der Waals surface area contributed by atoms with E-state index in [0.717, 1.165) is 23.0 Å². The zero-order valence-electron chi connectivity index (χ0n) is 11.4. The second-order valence-corrected chi connectivity index (χ2v) is 5.95. The highest BCUT2D eigenvalue weighted by atomic mass is 79.9. The van der Waals surface area contributed by atoms with E-state index < -0.39 is 0 Å². The molecule has 0 bridgehead atoms. The number of nitrogens with one attached hydrogen (secondary N) is 1. The van der Waals surface area contributed by atoms with Crippen LogP contribution in [0.5, 0.6) is 0 Å². The highest BCUT2D eigenvalue weighted by Crippen LogP contribution is 2.26. The zero-order valence-corrected chi connectivity index (χ0v) is 13.8. The SMILES string of the molecule is CCCn1cc(Br)cc1C(=O)Nc1c(C)cccc1Cl. The van der Waals surface area contributed by atoms with Crippen molar-refractivity contribution < 1.29 is 4.79 Å².